The van der Waals surface area contributed by atoms with E-state index in [-0.39, 0.29) is 0 Å². The predicted octanol–water partition coefficient (Wildman–Crippen LogP) is 2.70. The van der Waals surface area contributed by atoms with Crippen LogP contribution in [-0.4, -0.2) is 4.99 Å². The largest absolute Gasteiger partial charge is 0.372 e. The van der Waals surface area contributed by atoms with Crippen molar-refractivity contribution in [1.82, 2.24) is 5.32 Å². The van der Waals surface area contributed by atoms with Crippen molar-refractivity contribution in [2.45, 2.75) is 12.5 Å². The van der Waals surface area contributed by atoms with Gasteiger partial charge in [-0.2, -0.15) is 0 Å². The Kier molecular flexibility index (Phi) is 2.03. The molecule has 1 nitrogen and oxygen atoms in total. The number of hydrogen-bond acceptors (Lipinski definition) is 1. The molecule has 2 rings (SSSR count). The van der Waals surface area contributed by atoms with E-state index in [0.29, 0.717) is 6.04 Å². The van der Waals surface area contributed by atoms with E-state index in [1.165, 1.54) is 5.56 Å². The summed E-state index contributed by atoms with van der Waals surface area (Å²) in [7, 11) is 0. The van der Waals surface area contributed by atoms with Crippen molar-refractivity contribution in [3.63, 3.8) is 0 Å². The van der Waals surface area contributed by atoms with Crippen molar-refractivity contribution in [3.05, 3.63) is 34.9 Å². The SMILES string of the molecule is S=C1C[C@H](c2ccc(Cl)cc2)N1. The van der Waals surface area contributed by atoms with Crippen LogP contribution >= 0.6 is 23.8 Å². The summed E-state index contributed by atoms with van der Waals surface area (Å²) in [6.07, 6.45) is 0.969. The number of nitrogens with one attached hydrogen (secondary N) is 1. The van der Waals surface area contributed by atoms with Crippen molar-refractivity contribution in [2.24, 2.45) is 0 Å². The molecule has 0 amide bonds. The molecule has 3 heteroatoms. The summed E-state index contributed by atoms with van der Waals surface area (Å²) in [4.78, 5) is 0.954. The van der Waals surface area contributed by atoms with Gasteiger partial charge in [-0.25, -0.2) is 0 Å². The monoisotopic (exact) mass is 197 g/mol. The quantitative estimate of drug-likeness (QED) is 0.695. The fraction of sp³-hybridized carbons (Fsp3) is 0.222. The minimum atomic E-state index is 0.412. The third-order valence-corrected chi connectivity index (χ3v) is 2.53. The van der Waals surface area contributed by atoms with Gasteiger partial charge in [-0.3, -0.25) is 0 Å². The summed E-state index contributed by atoms with van der Waals surface area (Å²) in [5, 5.41) is 3.95. The number of rotatable bonds is 1. The lowest BCUT2D eigenvalue weighted by Gasteiger charge is -2.30. The van der Waals surface area contributed by atoms with Crippen LogP contribution in [0, 0.1) is 0 Å². The second-order valence-electron chi connectivity index (χ2n) is 2.88. The highest BCUT2D eigenvalue weighted by Gasteiger charge is 2.22. The molecule has 1 saturated heterocycles. The molecular weight excluding hydrogens is 190 g/mol. The Labute approximate surface area is 81.7 Å². The van der Waals surface area contributed by atoms with Gasteiger partial charge in [0.2, 0.25) is 0 Å². The molecular formula is C9H8ClNS. The summed E-state index contributed by atoms with van der Waals surface area (Å²) in [6, 6.07) is 8.28. The van der Waals surface area contributed by atoms with Crippen molar-refractivity contribution in [1.29, 1.82) is 0 Å². The average molecular weight is 198 g/mol. The zero-order valence-corrected chi connectivity index (χ0v) is 7.95. The number of halogens is 1. The second-order valence-corrected chi connectivity index (χ2v) is 3.81. The van der Waals surface area contributed by atoms with Crippen LogP contribution < -0.4 is 5.32 Å². The Morgan fingerprint density at radius 3 is 2.42 bits per heavy atom. The van der Waals surface area contributed by atoms with Crippen LogP contribution in [0.3, 0.4) is 0 Å². The van der Waals surface area contributed by atoms with Crippen LogP contribution in [0.2, 0.25) is 5.02 Å². The molecule has 0 aliphatic carbocycles. The highest BCUT2D eigenvalue weighted by molar-refractivity contribution is 7.80. The van der Waals surface area contributed by atoms with Gasteiger partial charge in [0.15, 0.2) is 0 Å². The molecule has 1 heterocycles. The first-order chi connectivity index (χ1) is 5.75. The molecule has 1 aliphatic rings. The minimum Gasteiger partial charge on any atom is -0.372 e. The average Bonchev–Trinajstić information content (AvgIpc) is 2.01. The van der Waals surface area contributed by atoms with Gasteiger partial charge < -0.3 is 5.32 Å². The third kappa shape index (κ3) is 1.45. The normalized spacial score (nSPS) is 21.4. The first-order valence-electron chi connectivity index (χ1n) is 3.80. The van der Waals surface area contributed by atoms with Crippen molar-refractivity contribution >= 4 is 28.8 Å². The van der Waals surface area contributed by atoms with E-state index in [0.717, 1.165) is 16.4 Å². The minimum absolute atomic E-state index is 0.412. The van der Waals surface area contributed by atoms with E-state index in [4.69, 9.17) is 23.8 Å². The molecule has 12 heavy (non-hydrogen) atoms. The van der Waals surface area contributed by atoms with Gasteiger partial charge in [-0.15, -0.1) is 0 Å². The van der Waals surface area contributed by atoms with Gasteiger partial charge in [-0.1, -0.05) is 36.0 Å². The molecule has 62 valence electrons. The molecule has 0 radical (unpaired) electrons. The fourth-order valence-corrected chi connectivity index (χ4v) is 1.69. The van der Waals surface area contributed by atoms with Gasteiger partial charge in [-0.05, 0) is 17.7 Å². The summed E-state index contributed by atoms with van der Waals surface area (Å²) in [5.41, 5.74) is 1.26. The lowest BCUT2D eigenvalue weighted by Crippen LogP contribution is -2.39. The predicted molar refractivity (Wildman–Crippen MR) is 54.5 cm³/mol. The summed E-state index contributed by atoms with van der Waals surface area (Å²) < 4.78 is 0. The van der Waals surface area contributed by atoms with E-state index in [9.17, 15) is 0 Å². The van der Waals surface area contributed by atoms with Crippen LogP contribution in [0.4, 0.5) is 0 Å². The standard InChI is InChI=1S/C9H8ClNS/c10-7-3-1-6(2-4-7)8-5-9(12)11-8/h1-4,8H,5H2,(H,11,12)/t8-/m1/s1. The summed E-state index contributed by atoms with van der Waals surface area (Å²) in [5.74, 6) is 0. The maximum atomic E-state index is 5.76. The molecule has 0 spiro atoms. The molecule has 0 unspecified atom stereocenters. The Morgan fingerprint density at radius 1 is 1.33 bits per heavy atom. The Morgan fingerprint density at radius 2 is 1.92 bits per heavy atom. The third-order valence-electron chi connectivity index (χ3n) is 2.00. The van der Waals surface area contributed by atoms with E-state index in [2.05, 4.69) is 5.32 Å². The molecule has 1 aromatic rings. The number of hydrogen-bond donors (Lipinski definition) is 1. The summed E-state index contributed by atoms with van der Waals surface area (Å²) in [6.45, 7) is 0. The van der Waals surface area contributed by atoms with Crippen molar-refractivity contribution in [2.75, 3.05) is 0 Å². The molecule has 1 aromatic carbocycles. The molecule has 0 bridgehead atoms. The smallest absolute Gasteiger partial charge is 0.0782 e. The van der Waals surface area contributed by atoms with Crippen LogP contribution in [0.25, 0.3) is 0 Å². The number of benzene rings is 1. The molecule has 1 aliphatic heterocycles. The van der Waals surface area contributed by atoms with Gasteiger partial charge in [0.1, 0.15) is 0 Å². The zero-order chi connectivity index (χ0) is 8.55. The maximum absolute atomic E-state index is 5.76. The molecule has 1 N–H and O–H groups in total. The highest BCUT2D eigenvalue weighted by atomic mass is 35.5. The Balaban J connectivity index is 2.14. The molecule has 1 atom stereocenters. The Hall–Kier alpha value is -0.600. The maximum Gasteiger partial charge on any atom is 0.0782 e. The fourth-order valence-electron chi connectivity index (χ4n) is 1.25. The van der Waals surface area contributed by atoms with Crippen molar-refractivity contribution < 1.29 is 0 Å². The van der Waals surface area contributed by atoms with Gasteiger partial charge in [0, 0.05) is 11.4 Å². The van der Waals surface area contributed by atoms with Crippen LogP contribution in [0.15, 0.2) is 24.3 Å². The van der Waals surface area contributed by atoms with E-state index >= 15 is 0 Å². The van der Waals surface area contributed by atoms with Gasteiger partial charge in [0.25, 0.3) is 0 Å². The first-order valence-corrected chi connectivity index (χ1v) is 4.59. The summed E-state index contributed by atoms with van der Waals surface area (Å²) >= 11 is 10.7. The van der Waals surface area contributed by atoms with Gasteiger partial charge in [0.05, 0.1) is 11.0 Å². The molecule has 0 aromatic heterocycles. The van der Waals surface area contributed by atoms with Crippen LogP contribution in [-0.2, 0) is 0 Å². The first kappa shape index (κ1) is 8.02. The zero-order valence-electron chi connectivity index (χ0n) is 6.38. The van der Waals surface area contributed by atoms with E-state index in [1.807, 2.05) is 24.3 Å². The number of thiocarbonyl (C=S) groups is 1. The second kappa shape index (κ2) is 3.04. The highest BCUT2D eigenvalue weighted by Crippen LogP contribution is 2.25. The lowest BCUT2D eigenvalue weighted by atomic mass is 9.98. The van der Waals surface area contributed by atoms with Crippen LogP contribution in [0.1, 0.15) is 18.0 Å². The van der Waals surface area contributed by atoms with Crippen LogP contribution in [0.5, 0.6) is 0 Å². The Bertz CT molecular complexity index is 299. The molecule has 1 fully saturated rings. The van der Waals surface area contributed by atoms with Gasteiger partial charge >= 0.3 is 0 Å². The lowest BCUT2D eigenvalue weighted by molar-refractivity contribution is 0.591. The van der Waals surface area contributed by atoms with E-state index < -0.39 is 0 Å². The van der Waals surface area contributed by atoms with Crippen molar-refractivity contribution in [3.8, 4) is 0 Å². The molecule has 0 saturated carbocycles. The topological polar surface area (TPSA) is 12.0 Å². The van der Waals surface area contributed by atoms with E-state index in [1.54, 1.807) is 0 Å².